The SMILES string of the molecule is CC(O)CCCNCc1ccc(C(N)=O)cc1. The lowest BCUT2D eigenvalue weighted by Gasteiger charge is -2.06. The summed E-state index contributed by atoms with van der Waals surface area (Å²) in [5.74, 6) is -0.401. The molecule has 0 spiro atoms. The van der Waals surface area contributed by atoms with Gasteiger partial charge >= 0.3 is 0 Å². The molecule has 0 aliphatic carbocycles. The standard InChI is InChI=1S/C13H20N2O2/c1-10(16)3-2-8-15-9-11-4-6-12(7-5-11)13(14)17/h4-7,10,15-16H,2-3,8-9H2,1H3,(H2,14,17). The van der Waals surface area contributed by atoms with E-state index in [1.54, 1.807) is 19.1 Å². The van der Waals surface area contributed by atoms with Crippen LogP contribution in [0.15, 0.2) is 24.3 Å². The number of aliphatic hydroxyl groups excluding tert-OH is 1. The van der Waals surface area contributed by atoms with Crippen molar-refractivity contribution in [1.82, 2.24) is 5.32 Å². The molecule has 0 saturated heterocycles. The fourth-order valence-electron chi connectivity index (χ4n) is 1.54. The predicted octanol–water partition coefficient (Wildman–Crippen LogP) is 1.04. The first-order valence-corrected chi connectivity index (χ1v) is 5.87. The monoisotopic (exact) mass is 236 g/mol. The predicted molar refractivity (Wildman–Crippen MR) is 67.6 cm³/mol. The van der Waals surface area contributed by atoms with Crippen LogP contribution in [-0.4, -0.2) is 23.7 Å². The van der Waals surface area contributed by atoms with Crippen LogP contribution in [0.25, 0.3) is 0 Å². The van der Waals surface area contributed by atoms with Crippen LogP contribution in [0.2, 0.25) is 0 Å². The van der Waals surface area contributed by atoms with Gasteiger partial charge in [0.1, 0.15) is 0 Å². The molecule has 1 unspecified atom stereocenters. The Labute approximate surface area is 102 Å². The molecule has 4 heteroatoms. The Hall–Kier alpha value is -1.39. The fourth-order valence-corrected chi connectivity index (χ4v) is 1.54. The third-order valence-electron chi connectivity index (χ3n) is 2.54. The zero-order chi connectivity index (χ0) is 12.7. The van der Waals surface area contributed by atoms with E-state index in [0.717, 1.165) is 31.5 Å². The van der Waals surface area contributed by atoms with Gasteiger partial charge in [0, 0.05) is 12.1 Å². The second-order valence-corrected chi connectivity index (χ2v) is 4.23. The van der Waals surface area contributed by atoms with E-state index in [4.69, 9.17) is 10.8 Å². The fraction of sp³-hybridized carbons (Fsp3) is 0.462. The Morgan fingerprint density at radius 1 is 1.41 bits per heavy atom. The van der Waals surface area contributed by atoms with Crippen molar-refractivity contribution in [3.63, 3.8) is 0 Å². The van der Waals surface area contributed by atoms with Crippen LogP contribution >= 0.6 is 0 Å². The van der Waals surface area contributed by atoms with Crippen LogP contribution in [0.4, 0.5) is 0 Å². The molecule has 4 N–H and O–H groups in total. The third kappa shape index (κ3) is 5.47. The highest BCUT2D eigenvalue weighted by Crippen LogP contribution is 2.03. The van der Waals surface area contributed by atoms with Crippen molar-refractivity contribution in [3.8, 4) is 0 Å². The minimum Gasteiger partial charge on any atom is -0.393 e. The van der Waals surface area contributed by atoms with Gasteiger partial charge in [0.2, 0.25) is 5.91 Å². The molecule has 0 fully saturated rings. The van der Waals surface area contributed by atoms with Gasteiger partial charge in [-0.25, -0.2) is 0 Å². The van der Waals surface area contributed by atoms with Crippen molar-refractivity contribution in [3.05, 3.63) is 35.4 Å². The van der Waals surface area contributed by atoms with E-state index < -0.39 is 5.91 Å². The number of carbonyl (C=O) groups is 1. The smallest absolute Gasteiger partial charge is 0.248 e. The van der Waals surface area contributed by atoms with Gasteiger partial charge in [-0.2, -0.15) is 0 Å². The molecule has 1 rings (SSSR count). The summed E-state index contributed by atoms with van der Waals surface area (Å²) >= 11 is 0. The summed E-state index contributed by atoms with van der Waals surface area (Å²) in [7, 11) is 0. The van der Waals surface area contributed by atoms with Gasteiger partial charge < -0.3 is 16.2 Å². The van der Waals surface area contributed by atoms with Gasteiger partial charge in [0.15, 0.2) is 0 Å². The zero-order valence-electron chi connectivity index (χ0n) is 10.1. The van der Waals surface area contributed by atoms with Crippen molar-refractivity contribution < 1.29 is 9.90 Å². The van der Waals surface area contributed by atoms with E-state index in [1.807, 2.05) is 12.1 Å². The molecule has 1 amide bonds. The number of amides is 1. The maximum absolute atomic E-state index is 10.9. The second kappa shape index (κ2) is 7.04. The minimum atomic E-state index is -0.401. The molecular formula is C13H20N2O2. The Kier molecular flexibility index (Phi) is 5.66. The Morgan fingerprint density at radius 3 is 2.59 bits per heavy atom. The van der Waals surface area contributed by atoms with Gasteiger partial charge in [-0.05, 0) is 44.0 Å². The molecular weight excluding hydrogens is 216 g/mol. The quantitative estimate of drug-likeness (QED) is 0.619. The van der Waals surface area contributed by atoms with Crippen LogP contribution in [0.3, 0.4) is 0 Å². The van der Waals surface area contributed by atoms with Gasteiger partial charge in [0.05, 0.1) is 6.10 Å². The molecule has 0 aliphatic heterocycles. The first-order chi connectivity index (χ1) is 8.09. The van der Waals surface area contributed by atoms with Crippen molar-refractivity contribution in [1.29, 1.82) is 0 Å². The number of rotatable bonds is 7. The summed E-state index contributed by atoms with van der Waals surface area (Å²) in [6.07, 6.45) is 1.54. The number of nitrogens with one attached hydrogen (secondary N) is 1. The maximum atomic E-state index is 10.9. The highest BCUT2D eigenvalue weighted by molar-refractivity contribution is 5.92. The van der Waals surface area contributed by atoms with Gasteiger partial charge in [-0.15, -0.1) is 0 Å². The summed E-state index contributed by atoms with van der Waals surface area (Å²) in [6, 6.07) is 7.24. The van der Waals surface area contributed by atoms with E-state index in [1.165, 1.54) is 0 Å². The number of carbonyl (C=O) groups excluding carboxylic acids is 1. The zero-order valence-corrected chi connectivity index (χ0v) is 10.1. The first kappa shape index (κ1) is 13.7. The average molecular weight is 236 g/mol. The van der Waals surface area contributed by atoms with Gasteiger partial charge in [-0.1, -0.05) is 12.1 Å². The molecule has 0 aliphatic rings. The Morgan fingerprint density at radius 2 is 2.06 bits per heavy atom. The van der Waals surface area contributed by atoms with Crippen LogP contribution in [0.1, 0.15) is 35.7 Å². The lowest BCUT2D eigenvalue weighted by molar-refractivity contribution is 0.100. The van der Waals surface area contributed by atoms with Crippen LogP contribution in [0.5, 0.6) is 0 Å². The molecule has 1 aromatic rings. The molecule has 0 saturated carbocycles. The Bertz CT molecular complexity index is 347. The molecule has 94 valence electrons. The van der Waals surface area contributed by atoms with Crippen molar-refractivity contribution in [2.45, 2.75) is 32.4 Å². The molecule has 0 heterocycles. The third-order valence-corrected chi connectivity index (χ3v) is 2.54. The van der Waals surface area contributed by atoms with Crippen LogP contribution in [-0.2, 0) is 6.54 Å². The highest BCUT2D eigenvalue weighted by atomic mass is 16.3. The minimum absolute atomic E-state index is 0.230. The number of primary amides is 1. The summed E-state index contributed by atoms with van der Waals surface area (Å²) in [6.45, 7) is 3.43. The largest absolute Gasteiger partial charge is 0.393 e. The molecule has 0 bridgehead atoms. The van der Waals surface area contributed by atoms with E-state index in [2.05, 4.69) is 5.32 Å². The van der Waals surface area contributed by atoms with E-state index in [9.17, 15) is 4.79 Å². The lowest BCUT2D eigenvalue weighted by atomic mass is 10.1. The molecule has 0 aromatic heterocycles. The van der Waals surface area contributed by atoms with Crippen molar-refractivity contribution in [2.75, 3.05) is 6.54 Å². The van der Waals surface area contributed by atoms with E-state index in [0.29, 0.717) is 5.56 Å². The number of hydrogen-bond acceptors (Lipinski definition) is 3. The van der Waals surface area contributed by atoms with Gasteiger partial charge in [-0.3, -0.25) is 4.79 Å². The number of aliphatic hydroxyl groups is 1. The maximum Gasteiger partial charge on any atom is 0.248 e. The number of benzene rings is 1. The molecule has 4 nitrogen and oxygen atoms in total. The molecule has 17 heavy (non-hydrogen) atoms. The van der Waals surface area contributed by atoms with Crippen LogP contribution < -0.4 is 11.1 Å². The van der Waals surface area contributed by atoms with Crippen LogP contribution in [0, 0.1) is 0 Å². The average Bonchev–Trinajstić information content (AvgIpc) is 2.29. The van der Waals surface area contributed by atoms with E-state index in [-0.39, 0.29) is 6.10 Å². The summed E-state index contributed by atoms with van der Waals surface area (Å²) in [5.41, 5.74) is 6.80. The van der Waals surface area contributed by atoms with Crippen molar-refractivity contribution in [2.24, 2.45) is 5.73 Å². The normalized spacial score (nSPS) is 12.4. The molecule has 0 radical (unpaired) electrons. The topological polar surface area (TPSA) is 75.3 Å². The molecule has 1 atom stereocenters. The van der Waals surface area contributed by atoms with Crippen molar-refractivity contribution >= 4 is 5.91 Å². The number of nitrogens with two attached hydrogens (primary N) is 1. The lowest BCUT2D eigenvalue weighted by Crippen LogP contribution is -2.16. The molecule has 1 aromatic carbocycles. The highest BCUT2D eigenvalue weighted by Gasteiger charge is 1.99. The summed E-state index contributed by atoms with van der Waals surface area (Å²) in [5, 5.41) is 12.4. The Balaban J connectivity index is 2.25. The van der Waals surface area contributed by atoms with Gasteiger partial charge in [0.25, 0.3) is 0 Å². The second-order valence-electron chi connectivity index (χ2n) is 4.23. The summed E-state index contributed by atoms with van der Waals surface area (Å²) < 4.78 is 0. The van der Waals surface area contributed by atoms with E-state index >= 15 is 0 Å². The number of hydrogen-bond donors (Lipinski definition) is 3. The first-order valence-electron chi connectivity index (χ1n) is 5.87. The summed E-state index contributed by atoms with van der Waals surface area (Å²) in [4.78, 5) is 10.9.